The van der Waals surface area contributed by atoms with Crippen molar-refractivity contribution in [2.24, 2.45) is 23.7 Å². The van der Waals surface area contributed by atoms with Crippen molar-refractivity contribution in [2.45, 2.75) is 414 Å². The van der Waals surface area contributed by atoms with E-state index in [2.05, 4.69) is 55.4 Å². The van der Waals surface area contributed by atoms with Crippen LogP contribution in [0.3, 0.4) is 0 Å². The van der Waals surface area contributed by atoms with Crippen molar-refractivity contribution in [3.8, 4) is 0 Å². The van der Waals surface area contributed by atoms with Crippen LogP contribution >= 0.6 is 15.6 Å². The van der Waals surface area contributed by atoms with E-state index in [0.29, 0.717) is 25.7 Å². The summed E-state index contributed by atoms with van der Waals surface area (Å²) in [5.74, 6) is 0.943. The van der Waals surface area contributed by atoms with Crippen LogP contribution in [0.4, 0.5) is 0 Å². The smallest absolute Gasteiger partial charge is 0.462 e. The molecule has 17 nitrogen and oxygen atoms in total. The second kappa shape index (κ2) is 67.2. The second-order valence-electron chi connectivity index (χ2n) is 29.8. The van der Waals surface area contributed by atoms with Crippen LogP contribution in [0.1, 0.15) is 396 Å². The minimum Gasteiger partial charge on any atom is -0.462 e. The maximum absolute atomic E-state index is 13.1. The third-order valence-corrected chi connectivity index (χ3v) is 20.3. The number of ether oxygens (including phenoxy) is 4. The van der Waals surface area contributed by atoms with E-state index in [9.17, 15) is 43.2 Å². The fourth-order valence-corrected chi connectivity index (χ4v) is 13.5. The van der Waals surface area contributed by atoms with Gasteiger partial charge in [0.05, 0.1) is 26.4 Å². The minimum absolute atomic E-state index is 0.106. The van der Waals surface area contributed by atoms with Crippen molar-refractivity contribution in [3.05, 3.63) is 0 Å². The van der Waals surface area contributed by atoms with Crippen LogP contribution in [-0.2, 0) is 65.4 Å². The average Bonchev–Trinajstić information content (AvgIpc) is 1.89. The number of hydrogen-bond acceptors (Lipinski definition) is 15. The topological polar surface area (TPSA) is 237 Å². The molecule has 3 N–H and O–H groups in total. The summed E-state index contributed by atoms with van der Waals surface area (Å²) in [5, 5.41) is 10.6. The molecule has 0 heterocycles. The lowest BCUT2D eigenvalue weighted by Crippen LogP contribution is -2.30. The Morgan fingerprint density at radius 3 is 0.732 bits per heavy atom. The number of phosphoric ester groups is 2. The fraction of sp³-hybridized carbons (Fsp3) is 0.949. The molecule has 576 valence electrons. The van der Waals surface area contributed by atoms with Gasteiger partial charge in [-0.2, -0.15) is 0 Å². The number of esters is 4. The molecular weight excluding hydrogens is 1270 g/mol. The molecule has 0 aromatic carbocycles. The summed E-state index contributed by atoms with van der Waals surface area (Å²) < 4.78 is 68.6. The second-order valence-corrected chi connectivity index (χ2v) is 32.7. The van der Waals surface area contributed by atoms with E-state index in [1.165, 1.54) is 193 Å². The first-order valence-corrected chi connectivity index (χ1v) is 43.2. The third-order valence-electron chi connectivity index (χ3n) is 18.4. The average molecular weight is 1420 g/mol. The number of aliphatic hydroxyl groups is 1. The van der Waals surface area contributed by atoms with Crippen molar-refractivity contribution in [1.29, 1.82) is 0 Å². The number of unbranched alkanes of at least 4 members (excludes halogenated alkanes) is 40. The van der Waals surface area contributed by atoms with Gasteiger partial charge in [-0.15, -0.1) is 0 Å². The Bertz CT molecular complexity index is 1900. The Morgan fingerprint density at radius 1 is 0.289 bits per heavy atom. The predicted octanol–water partition coefficient (Wildman–Crippen LogP) is 22.8. The highest BCUT2D eigenvalue weighted by Gasteiger charge is 2.30. The van der Waals surface area contributed by atoms with Gasteiger partial charge < -0.3 is 33.8 Å². The van der Waals surface area contributed by atoms with E-state index in [-0.39, 0.29) is 25.7 Å². The van der Waals surface area contributed by atoms with Gasteiger partial charge in [-0.1, -0.05) is 344 Å². The molecule has 3 unspecified atom stereocenters. The highest BCUT2D eigenvalue weighted by molar-refractivity contribution is 7.47. The van der Waals surface area contributed by atoms with Crippen molar-refractivity contribution < 1.29 is 80.2 Å². The molecule has 0 saturated heterocycles. The number of rotatable bonds is 75. The molecule has 0 aromatic heterocycles. The molecule has 0 amide bonds. The van der Waals surface area contributed by atoms with Crippen molar-refractivity contribution >= 4 is 39.5 Å². The molecule has 97 heavy (non-hydrogen) atoms. The number of phosphoric acid groups is 2. The van der Waals surface area contributed by atoms with Gasteiger partial charge in [0.2, 0.25) is 0 Å². The number of hydrogen-bond donors (Lipinski definition) is 3. The van der Waals surface area contributed by atoms with E-state index < -0.39 is 97.5 Å². The van der Waals surface area contributed by atoms with E-state index >= 15 is 0 Å². The Kier molecular flexibility index (Phi) is 65.9. The Balaban J connectivity index is 5.22. The van der Waals surface area contributed by atoms with E-state index in [4.69, 9.17) is 37.0 Å². The standard InChI is InChI=1S/C78H152O17P2/c1-9-71(8)57-49-41-36-37-43-51-59-76(81)89-65-74(95-78(83)61-53-45-35-27-23-19-15-11-13-17-21-25-31-39-47-55-69(4)5)67-93-97(86,87)91-63-72(79)62-90-96(84,85)92-66-73(64-88-75(80)58-50-42-33-29-28-32-40-48-56-70(6)7)94-77(82)60-52-44-34-26-22-18-14-10-12-16-20-24-30-38-46-54-68(2)3/h68-74,79H,9-67H2,1-8H3,(H,84,85)(H,86,87)/t71?,72-,73-,74-/m1/s1. The molecule has 0 spiro atoms. The Morgan fingerprint density at radius 2 is 0.495 bits per heavy atom. The molecule has 0 fully saturated rings. The van der Waals surface area contributed by atoms with Gasteiger partial charge in [-0.05, 0) is 49.4 Å². The monoisotopic (exact) mass is 1420 g/mol. The van der Waals surface area contributed by atoms with Crippen LogP contribution in [0.2, 0.25) is 0 Å². The molecule has 19 heteroatoms. The van der Waals surface area contributed by atoms with Gasteiger partial charge in [0.15, 0.2) is 12.2 Å². The first-order valence-electron chi connectivity index (χ1n) is 40.2. The lowest BCUT2D eigenvalue weighted by atomic mass is 10.00. The first kappa shape index (κ1) is 95.1. The normalized spacial score (nSPS) is 14.4. The van der Waals surface area contributed by atoms with Gasteiger partial charge in [0, 0.05) is 25.7 Å². The molecule has 0 aromatic rings. The summed E-state index contributed by atoms with van der Waals surface area (Å²) in [6.07, 6.45) is 52.8. The summed E-state index contributed by atoms with van der Waals surface area (Å²) in [6, 6.07) is 0. The van der Waals surface area contributed by atoms with Gasteiger partial charge >= 0.3 is 39.5 Å². The van der Waals surface area contributed by atoms with Crippen molar-refractivity contribution in [1.82, 2.24) is 0 Å². The van der Waals surface area contributed by atoms with Gasteiger partial charge in [0.1, 0.15) is 19.3 Å². The lowest BCUT2D eigenvalue weighted by Gasteiger charge is -2.21. The van der Waals surface area contributed by atoms with Crippen molar-refractivity contribution in [3.63, 3.8) is 0 Å². The highest BCUT2D eigenvalue weighted by atomic mass is 31.2. The minimum atomic E-state index is -4.96. The maximum Gasteiger partial charge on any atom is 0.472 e. The molecule has 0 aliphatic rings. The van der Waals surface area contributed by atoms with E-state index in [0.717, 1.165) is 120 Å². The molecule has 0 bridgehead atoms. The highest BCUT2D eigenvalue weighted by Crippen LogP contribution is 2.45. The predicted molar refractivity (Wildman–Crippen MR) is 395 cm³/mol. The SMILES string of the molecule is CCC(C)CCCCCCCCC(=O)OC[C@H](COP(=O)(O)OC[C@H](O)COP(=O)(O)OC[C@@H](COC(=O)CCCCCCCCCCC(C)C)OC(=O)CCCCCCCCCCCCCCCCCC(C)C)OC(=O)CCCCCCCCCCCCCCCCCC(C)C. The first-order chi connectivity index (χ1) is 46.6. The number of aliphatic hydroxyl groups excluding tert-OH is 1. The zero-order valence-electron chi connectivity index (χ0n) is 63.7. The Labute approximate surface area is 594 Å². The van der Waals surface area contributed by atoms with Crippen LogP contribution in [0.5, 0.6) is 0 Å². The molecule has 0 saturated carbocycles. The third kappa shape index (κ3) is 70.9. The maximum atomic E-state index is 13.1. The summed E-state index contributed by atoms with van der Waals surface area (Å²) >= 11 is 0. The number of carbonyl (C=O) groups is 4. The molecule has 0 rings (SSSR count). The van der Waals surface area contributed by atoms with Crippen LogP contribution in [0, 0.1) is 23.7 Å². The van der Waals surface area contributed by atoms with E-state index in [1.54, 1.807) is 0 Å². The van der Waals surface area contributed by atoms with Crippen molar-refractivity contribution in [2.75, 3.05) is 39.6 Å². The van der Waals surface area contributed by atoms with Crippen LogP contribution in [0.25, 0.3) is 0 Å². The van der Waals surface area contributed by atoms with E-state index in [1.807, 2.05) is 0 Å². The van der Waals surface area contributed by atoms with Crippen LogP contribution in [-0.4, -0.2) is 96.7 Å². The van der Waals surface area contributed by atoms with Crippen LogP contribution < -0.4 is 0 Å². The van der Waals surface area contributed by atoms with Crippen LogP contribution in [0.15, 0.2) is 0 Å². The summed E-state index contributed by atoms with van der Waals surface area (Å²) in [7, 11) is -9.92. The molecule has 6 atom stereocenters. The quantitative estimate of drug-likeness (QED) is 0.0222. The lowest BCUT2D eigenvalue weighted by molar-refractivity contribution is -0.161. The largest absolute Gasteiger partial charge is 0.472 e. The van der Waals surface area contributed by atoms with Gasteiger partial charge in [0.25, 0.3) is 0 Å². The zero-order chi connectivity index (χ0) is 71.7. The summed E-state index contributed by atoms with van der Waals surface area (Å²) in [4.78, 5) is 72.9. The fourth-order valence-electron chi connectivity index (χ4n) is 11.9. The van der Waals surface area contributed by atoms with Gasteiger partial charge in [-0.3, -0.25) is 37.3 Å². The van der Waals surface area contributed by atoms with Gasteiger partial charge in [-0.25, -0.2) is 9.13 Å². The summed E-state index contributed by atoms with van der Waals surface area (Å²) in [5.41, 5.74) is 0. The Hall–Kier alpha value is -1.94. The number of carbonyl (C=O) groups excluding carboxylic acids is 4. The zero-order valence-corrected chi connectivity index (χ0v) is 65.5. The molecule has 0 radical (unpaired) electrons. The summed E-state index contributed by atoms with van der Waals surface area (Å²) in [6.45, 7) is 14.2. The molecular formula is C78H152O17P2. The molecule has 0 aliphatic heterocycles. The molecule has 0 aliphatic carbocycles.